The maximum absolute atomic E-state index is 12.6. The van der Waals surface area contributed by atoms with E-state index >= 15 is 0 Å². The van der Waals surface area contributed by atoms with Crippen molar-refractivity contribution in [3.05, 3.63) is 35.1 Å². The second-order valence-corrected chi connectivity index (χ2v) is 5.89. The first-order valence-electron chi connectivity index (χ1n) is 8.01. The lowest BCUT2D eigenvalue weighted by molar-refractivity contribution is 0.102. The SMILES string of the molecule is COc1cc(NC(=O)c2ccnc(N3CCOCC3)n2)c(OC)cc1Cl. The number of methoxy groups -OCH3 is 2. The second kappa shape index (κ2) is 8.20. The van der Waals surface area contributed by atoms with Gasteiger partial charge in [0.1, 0.15) is 17.2 Å². The van der Waals surface area contributed by atoms with E-state index in [9.17, 15) is 4.79 Å². The van der Waals surface area contributed by atoms with Gasteiger partial charge >= 0.3 is 0 Å². The van der Waals surface area contributed by atoms with Crippen LogP contribution in [-0.2, 0) is 4.74 Å². The summed E-state index contributed by atoms with van der Waals surface area (Å²) in [7, 11) is 2.99. The minimum atomic E-state index is -0.385. The molecule has 2 heterocycles. The monoisotopic (exact) mass is 378 g/mol. The molecular weight excluding hydrogens is 360 g/mol. The van der Waals surface area contributed by atoms with E-state index in [1.807, 2.05) is 4.90 Å². The Hall–Kier alpha value is -2.58. The smallest absolute Gasteiger partial charge is 0.274 e. The van der Waals surface area contributed by atoms with Crippen LogP contribution < -0.4 is 19.7 Å². The third-order valence-corrected chi connectivity index (χ3v) is 4.19. The van der Waals surface area contributed by atoms with E-state index in [1.165, 1.54) is 14.2 Å². The Labute approximate surface area is 156 Å². The molecule has 0 saturated carbocycles. The van der Waals surface area contributed by atoms with Crippen molar-refractivity contribution in [3.8, 4) is 11.5 Å². The predicted octanol–water partition coefficient (Wildman–Crippen LogP) is 2.24. The van der Waals surface area contributed by atoms with E-state index in [1.54, 1.807) is 24.4 Å². The van der Waals surface area contributed by atoms with Gasteiger partial charge in [-0.15, -0.1) is 0 Å². The molecule has 1 amide bonds. The standard InChI is InChI=1S/C17H19ClN4O4/c1-24-14-10-13(15(25-2)9-11(14)18)20-16(23)12-3-4-19-17(21-12)22-5-7-26-8-6-22/h3-4,9-10H,5-8H2,1-2H3,(H,20,23). The van der Waals surface area contributed by atoms with E-state index in [2.05, 4.69) is 15.3 Å². The maximum atomic E-state index is 12.6. The molecule has 1 N–H and O–H groups in total. The fourth-order valence-electron chi connectivity index (χ4n) is 2.54. The number of ether oxygens (including phenoxy) is 3. The predicted molar refractivity (Wildman–Crippen MR) is 97.6 cm³/mol. The zero-order valence-electron chi connectivity index (χ0n) is 14.5. The Morgan fingerprint density at radius 3 is 2.65 bits per heavy atom. The summed E-state index contributed by atoms with van der Waals surface area (Å²) in [6.45, 7) is 2.60. The number of benzene rings is 1. The van der Waals surface area contributed by atoms with Crippen molar-refractivity contribution >= 4 is 29.1 Å². The molecule has 1 aliphatic rings. The molecule has 0 radical (unpaired) electrons. The van der Waals surface area contributed by atoms with Crippen LogP contribution in [0.25, 0.3) is 0 Å². The van der Waals surface area contributed by atoms with Crippen molar-refractivity contribution < 1.29 is 19.0 Å². The van der Waals surface area contributed by atoms with Gasteiger partial charge in [0.05, 0.1) is 38.1 Å². The fraction of sp³-hybridized carbons (Fsp3) is 0.353. The summed E-state index contributed by atoms with van der Waals surface area (Å²) >= 11 is 6.09. The molecule has 0 bridgehead atoms. The first-order chi connectivity index (χ1) is 12.6. The Morgan fingerprint density at radius 2 is 1.96 bits per heavy atom. The van der Waals surface area contributed by atoms with Crippen molar-refractivity contribution in [2.45, 2.75) is 0 Å². The van der Waals surface area contributed by atoms with Crippen LogP contribution in [0.4, 0.5) is 11.6 Å². The zero-order chi connectivity index (χ0) is 18.5. The molecular formula is C17H19ClN4O4. The highest BCUT2D eigenvalue weighted by atomic mass is 35.5. The Kier molecular flexibility index (Phi) is 5.75. The molecule has 0 atom stereocenters. The number of hydrogen-bond acceptors (Lipinski definition) is 7. The summed E-state index contributed by atoms with van der Waals surface area (Å²) in [5, 5.41) is 3.16. The normalized spacial score (nSPS) is 14.0. The fourth-order valence-corrected chi connectivity index (χ4v) is 2.77. The first-order valence-corrected chi connectivity index (χ1v) is 8.38. The molecule has 26 heavy (non-hydrogen) atoms. The van der Waals surface area contributed by atoms with Crippen LogP contribution in [0.3, 0.4) is 0 Å². The van der Waals surface area contributed by atoms with E-state index in [-0.39, 0.29) is 11.6 Å². The zero-order valence-corrected chi connectivity index (χ0v) is 15.2. The van der Waals surface area contributed by atoms with Crippen LogP contribution in [0.2, 0.25) is 5.02 Å². The summed E-state index contributed by atoms with van der Waals surface area (Å²) in [5.41, 5.74) is 0.683. The topological polar surface area (TPSA) is 85.8 Å². The van der Waals surface area contributed by atoms with Crippen LogP contribution >= 0.6 is 11.6 Å². The van der Waals surface area contributed by atoms with Gasteiger partial charge in [-0.2, -0.15) is 0 Å². The molecule has 9 heteroatoms. The van der Waals surface area contributed by atoms with Gasteiger partial charge in [-0.3, -0.25) is 4.79 Å². The van der Waals surface area contributed by atoms with E-state index in [0.29, 0.717) is 54.5 Å². The van der Waals surface area contributed by atoms with Crippen molar-refractivity contribution in [2.75, 3.05) is 50.7 Å². The molecule has 1 saturated heterocycles. The second-order valence-electron chi connectivity index (χ2n) is 5.48. The Balaban J connectivity index is 1.82. The molecule has 1 aliphatic heterocycles. The molecule has 8 nitrogen and oxygen atoms in total. The van der Waals surface area contributed by atoms with Gasteiger partial charge in [0, 0.05) is 31.4 Å². The van der Waals surface area contributed by atoms with Gasteiger partial charge in [0.15, 0.2) is 0 Å². The number of aromatic nitrogens is 2. The third kappa shape index (κ3) is 3.97. The molecule has 0 unspecified atom stereocenters. The highest BCUT2D eigenvalue weighted by Crippen LogP contribution is 2.36. The number of halogens is 1. The lowest BCUT2D eigenvalue weighted by Gasteiger charge is -2.26. The third-order valence-electron chi connectivity index (χ3n) is 3.89. The molecule has 0 aliphatic carbocycles. The van der Waals surface area contributed by atoms with Gasteiger partial charge in [-0.1, -0.05) is 11.6 Å². The lowest BCUT2D eigenvalue weighted by Crippen LogP contribution is -2.37. The average Bonchev–Trinajstić information content (AvgIpc) is 2.69. The summed E-state index contributed by atoms with van der Waals surface area (Å²) < 4.78 is 15.8. The number of nitrogens with zero attached hydrogens (tertiary/aromatic N) is 3. The number of nitrogens with one attached hydrogen (secondary N) is 1. The maximum Gasteiger partial charge on any atom is 0.274 e. The van der Waals surface area contributed by atoms with E-state index < -0.39 is 0 Å². The number of amides is 1. The summed E-state index contributed by atoms with van der Waals surface area (Å²) in [6, 6.07) is 4.73. The van der Waals surface area contributed by atoms with E-state index in [0.717, 1.165) is 0 Å². The van der Waals surface area contributed by atoms with Crippen LogP contribution in [0.15, 0.2) is 24.4 Å². The molecule has 1 aromatic carbocycles. The first kappa shape index (κ1) is 18.2. The largest absolute Gasteiger partial charge is 0.495 e. The quantitative estimate of drug-likeness (QED) is 0.853. The van der Waals surface area contributed by atoms with Crippen molar-refractivity contribution in [1.82, 2.24) is 9.97 Å². The summed E-state index contributed by atoms with van der Waals surface area (Å²) in [5.74, 6) is 0.970. The molecule has 138 valence electrons. The molecule has 0 spiro atoms. The number of morpholine rings is 1. The number of anilines is 2. The molecule has 1 fully saturated rings. The van der Waals surface area contributed by atoms with Gasteiger partial charge in [-0.25, -0.2) is 9.97 Å². The van der Waals surface area contributed by atoms with Crippen LogP contribution in [0.5, 0.6) is 11.5 Å². The number of hydrogen-bond donors (Lipinski definition) is 1. The van der Waals surface area contributed by atoms with Crippen LogP contribution in [0.1, 0.15) is 10.5 Å². The van der Waals surface area contributed by atoms with E-state index in [4.69, 9.17) is 25.8 Å². The minimum Gasteiger partial charge on any atom is -0.495 e. The summed E-state index contributed by atoms with van der Waals surface area (Å²) in [6.07, 6.45) is 1.56. The van der Waals surface area contributed by atoms with Crippen molar-refractivity contribution in [3.63, 3.8) is 0 Å². The minimum absolute atomic E-state index is 0.248. The number of carbonyl (C=O) groups excluding carboxylic acids is 1. The molecule has 1 aromatic heterocycles. The molecule has 2 aromatic rings. The van der Waals surface area contributed by atoms with Crippen molar-refractivity contribution in [1.29, 1.82) is 0 Å². The average molecular weight is 379 g/mol. The Morgan fingerprint density at radius 1 is 1.23 bits per heavy atom. The van der Waals surface area contributed by atoms with Gasteiger partial charge in [0.2, 0.25) is 5.95 Å². The summed E-state index contributed by atoms with van der Waals surface area (Å²) in [4.78, 5) is 23.2. The number of rotatable bonds is 5. The number of carbonyl (C=O) groups is 1. The van der Waals surface area contributed by atoms with Gasteiger partial charge in [-0.05, 0) is 6.07 Å². The van der Waals surface area contributed by atoms with Crippen LogP contribution in [0, 0.1) is 0 Å². The lowest BCUT2D eigenvalue weighted by atomic mass is 10.2. The highest BCUT2D eigenvalue weighted by Gasteiger charge is 2.18. The van der Waals surface area contributed by atoms with Crippen molar-refractivity contribution in [2.24, 2.45) is 0 Å². The van der Waals surface area contributed by atoms with Gasteiger partial charge in [0.25, 0.3) is 5.91 Å². The van der Waals surface area contributed by atoms with Gasteiger partial charge < -0.3 is 24.4 Å². The van der Waals surface area contributed by atoms with Crippen LogP contribution in [-0.4, -0.2) is 56.4 Å². The molecule has 3 rings (SSSR count). The highest BCUT2D eigenvalue weighted by molar-refractivity contribution is 6.32. The Bertz CT molecular complexity index is 796.